The van der Waals surface area contributed by atoms with E-state index in [-0.39, 0.29) is 11.5 Å². The van der Waals surface area contributed by atoms with Crippen LogP contribution in [0.5, 0.6) is 0 Å². The summed E-state index contributed by atoms with van der Waals surface area (Å²) in [5.74, 6) is -1.03. The SMILES string of the molecule is Cc1c(C(=O)O)c(=O)[nH]c2cc(C(C)C)nn12. The van der Waals surface area contributed by atoms with E-state index in [1.165, 1.54) is 4.52 Å². The number of aromatic nitrogens is 3. The van der Waals surface area contributed by atoms with Crippen LogP contribution in [0, 0.1) is 6.92 Å². The molecule has 2 rings (SSSR count). The van der Waals surface area contributed by atoms with Gasteiger partial charge in [-0.05, 0) is 12.8 Å². The molecule has 17 heavy (non-hydrogen) atoms. The summed E-state index contributed by atoms with van der Waals surface area (Å²) in [5.41, 5.74) is 0.796. The van der Waals surface area contributed by atoms with Gasteiger partial charge in [0.05, 0.1) is 11.4 Å². The van der Waals surface area contributed by atoms with E-state index in [1.54, 1.807) is 13.0 Å². The highest BCUT2D eigenvalue weighted by atomic mass is 16.4. The minimum absolute atomic E-state index is 0.214. The summed E-state index contributed by atoms with van der Waals surface area (Å²) in [6.07, 6.45) is 0. The largest absolute Gasteiger partial charge is 0.477 e. The maximum absolute atomic E-state index is 11.6. The quantitative estimate of drug-likeness (QED) is 0.817. The van der Waals surface area contributed by atoms with Crippen LogP contribution in [0.3, 0.4) is 0 Å². The first-order valence-corrected chi connectivity index (χ1v) is 5.27. The summed E-state index contributed by atoms with van der Waals surface area (Å²) < 4.78 is 1.46. The molecule has 90 valence electrons. The lowest BCUT2D eigenvalue weighted by Gasteiger charge is -2.02. The molecule has 0 aliphatic carbocycles. The van der Waals surface area contributed by atoms with Gasteiger partial charge in [0, 0.05) is 6.07 Å². The maximum Gasteiger partial charge on any atom is 0.343 e. The third kappa shape index (κ3) is 1.71. The summed E-state index contributed by atoms with van der Waals surface area (Å²) in [6.45, 7) is 5.53. The highest BCUT2D eigenvalue weighted by Crippen LogP contribution is 2.15. The lowest BCUT2D eigenvalue weighted by atomic mass is 10.1. The number of hydrogen-bond acceptors (Lipinski definition) is 3. The Bertz CT molecular complexity index is 652. The number of aryl methyl sites for hydroxylation is 1. The molecular formula is C11H13N3O3. The number of aromatic amines is 1. The Kier molecular flexibility index (Phi) is 2.49. The number of carboxylic acids is 1. The van der Waals surface area contributed by atoms with Gasteiger partial charge < -0.3 is 10.1 Å². The molecule has 0 atom stereocenters. The minimum atomic E-state index is -1.24. The molecule has 0 spiro atoms. The fourth-order valence-electron chi connectivity index (χ4n) is 1.73. The van der Waals surface area contributed by atoms with E-state index in [4.69, 9.17) is 5.11 Å². The number of nitrogens with zero attached hydrogens (tertiary/aromatic N) is 2. The molecular weight excluding hydrogens is 222 g/mol. The topological polar surface area (TPSA) is 87.5 Å². The third-order valence-corrected chi connectivity index (χ3v) is 2.68. The number of carbonyl (C=O) groups is 1. The molecule has 0 aliphatic heterocycles. The minimum Gasteiger partial charge on any atom is -0.477 e. The summed E-state index contributed by atoms with van der Waals surface area (Å²) in [4.78, 5) is 25.1. The average molecular weight is 235 g/mol. The van der Waals surface area contributed by atoms with E-state index >= 15 is 0 Å². The Morgan fingerprint density at radius 2 is 2.18 bits per heavy atom. The smallest absolute Gasteiger partial charge is 0.343 e. The van der Waals surface area contributed by atoms with Crippen LogP contribution in [0.2, 0.25) is 0 Å². The lowest BCUT2D eigenvalue weighted by molar-refractivity contribution is 0.0693. The summed E-state index contributed by atoms with van der Waals surface area (Å²) in [5, 5.41) is 13.2. The Hall–Kier alpha value is -2.11. The van der Waals surface area contributed by atoms with Crippen LogP contribution in [-0.2, 0) is 0 Å². The molecule has 6 heteroatoms. The number of hydrogen-bond donors (Lipinski definition) is 2. The fourth-order valence-corrected chi connectivity index (χ4v) is 1.73. The number of carboxylic acid groups (broad SMARTS) is 1. The molecule has 0 amide bonds. The van der Waals surface area contributed by atoms with Crippen molar-refractivity contribution in [3.63, 3.8) is 0 Å². The van der Waals surface area contributed by atoms with E-state index in [9.17, 15) is 9.59 Å². The van der Waals surface area contributed by atoms with Gasteiger partial charge >= 0.3 is 5.97 Å². The van der Waals surface area contributed by atoms with Crippen LogP contribution >= 0.6 is 0 Å². The van der Waals surface area contributed by atoms with Crippen molar-refractivity contribution in [2.75, 3.05) is 0 Å². The van der Waals surface area contributed by atoms with E-state index in [2.05, 4.69) is 10.1 Å². The van der Waals surface area contributed by atoms with Crippen molar-refractivity contribution >= 4 is 11.6 Å². The maximum atomic E-state index is 11.6. The van der Waals surface area contributed by atoms with Crippen molar-refractivity contribution in [1.82, 2.24) is 14.6 Å². The Morgan fingerprint density at radius 3 is 2.71 bits per heavy atom. The second kappa shape index (κ2) is 3.73. The molecule has 6 nitrogen and oxygen atoms in total. The molecule has 2 aromatic rings. The summed E-state index contributed by atoms with van der Waals surface area (Å²) in [7, 11) is 0. The number of fused-ring (bicyclic) bond motifs is 1. The standard InChI is InChI=1S/C11H13N3O3/c1-5(2)7-4-8-12-10(15)9(11(16)17)6(3)14(8)13-7/h4-5H,1-3H3,(H,12,15)(H,16,17). The summed E-state index contributed by atoms with van der Waals surface area (Å²) >= 11 is 0. The van der Waals surface area contributed by atoms with Crippen LogP contribution in [0.1, 0.15) is 41.5 Å². The van der Waals surface area contributed by atoms with Crippen molar-refractivity contribution in [3.05, 3.63) is 33.4 Å². The molecule has 0 fully saturated rings. The van der Waals surface area contributed by atoms with Crippen LogP contribution < -0.4 is 5.56 Å². The Labute approximate surface area is 96.9 Å². The first-order valence-electron chi connectivity index (χ1n) is 5.27. The zero-order chi connectivity index (χ0) is 12.7. The van der Waals surface area contributed by atoms with Gasteiger partial charge in [-0.15, -0.1) is 0 Å². The van der Waals surface area contributed by atoms with E-state index in [1.807, 2.05) is 13.8 Å². The number of H-pyrrole nitrogens is 1. The summed E-state index contributed by atoms with van der Waals surface area (Å²) in [6, 6.07) is 1.75. The van der Waals surface area contributed by atoms with Crippen LogP contribution in [0.25, 0.3) is 5.65 Å². The van der Waals surface area contributed by atoms with Crippen molar-refractivity contribution in [3.8, 4) is 0 Å². The highest BCUT2D eigenvalue weighted by molar-refractivity contribution is 5.88. The van der Waals surface area contributed by atoms with E-state index in [0.29, 0.717) is 11.3 Å². The number of nitrogens with one attached hydrogen (secondary N) is 1. The zero-order valence-corrected chi connectivity index (χ0v) is 9.81. The molecule has 0 radical (unpaired) electrons. The molecule has 2 heterocycles. The third-order valence-electron chi connectivity index (χ3n) is 2.68. The lowest BCUT2D eigenvalue weighted by Crippen LogP contribution is -2.22. The molecule has 0 unspecified atom stereocenters. The predicted molar refractivity (Wildman–Crippen MR) is 61.6 cm³/mol. The normalized spacial score (nSPS) is 11.3. The second-order valence-electron chi connectivity index (χ2n) is 4.24. The molecule has 2 aromatic heterocycles. The van der Waals surface area contributed by atoms with E-state index in [0.717, 1.165) is 5.69 Å². The number of rotatable bonds is 2. The monoisotopic (exact) mass is 235 g/mol. The molecule has 0 aliphatic rings. The number of aromatic carboxylic acids is 1. The fraction of sp³-hybridized carbons (Fsp3) is 0.364. The Morgan fingerprint density at radius 1 is 1.53 bits per heavy atom. The van der Waals surface area contributed by atoms with Gasteiger partial charge in [0.1, 0.15) is 11.2 Å². The first-order chi connectivity index (χ1) is 7.91. The van der Waals surface area contributed by atoms with Crippen LogP contribution in [0.4, 0.5) is 0 Å². The van der Waals surface area contributed by atoms with Crippen molar-refractivity contribution in [2.45, 2.75) is 26.7 Å². The van der Waals surface area contributed by atoms with Gasteiger partial charge in [-0.25, -0.2) is 9.31 Å². The van der Waals surface area contributed by atoms with Gasteiger partial charge in [0.25, 0.3) is 5.56 Å². The molecule has 2 N–H and O–H groups in total. The molecule has 0 aromatic carbocycles. The van der Waals surface area contributed by atoms with Crippen molar-refractivity contribution in [2.24, 2.45) is 0 Å². The van der Waals surface area contributed by atoms with Crippen molar-refractivity contribution < 1.29 is 9.90 Å². The first kappa shape index (κ1) is 11.4. The average Bonchev–Trinajstić information content (AvgIpc) is 2.60. The molecule has 0 bridgehead atoms. The van der Waals surface area contributed by atoms with Gasteiger partial charge in [-0.3, -0.25) is 4.79 Å². The second-order valence-corrected chi connectivity index (χ2v) is 4.24. The van der Waals surface area contributed by atoms with Gasteiger partial charge in [-0.2, -0.15) is 5.10 Å². The Balaban J connectivity index is 2.83. The van der Waals surface area contributed by atoms with E-state index < -0.39 is 11.5 Å². The zero-order valence-electron chi connectivity index (χ0n) is 9.81. The van der Waals surface area contributed by atoms with Gasteiger partial charge in [0.15, 0.2) is 0 Å². The van der Waals surface area contributed by atoms with Gasteiger partial charge in [-0.1, -0.05) is 13.8 Å². The molecule has 0 saturated heterocycles. The molecule has 0 saturated carbocycles. The van der Waals surface area contributed by atoms with Gasteiger partial charge in [0.2, 0.25) is 0 Å². The highest BCUT2D eigenvalue weighted by Gasteiger charge is 2.17. The van der Waals surface area contributed by atoms with Crippen molar-refractivity contribution in [1.29, 1.82) is 0 Å². The predicted octanol–water partition coefficient (Wildman–Crippen LogP) is 1.15. The van der Waals surface area contributed by atoms with Crippen LogP contribution in [-0.4, -0.2) is 25.7 Å². The van der Waals surface area contributed by atoms with Crippen LogP contribution in [0.15, 0.2) is 10.9 Å².